The van der Waals surface area contributed by atoms with Crippen molar-refractivity contribution in [2.24, 2.45) is 22.7 Å². The second-order valence-electron chi connectivity index (χ2n) is 18.0. The Morgan fingerprint density at radius 1 is 1.00 bits per heavy atom. The van der Waals surface area contributed by atoms with Gasteiger partial charge in [0.1, 0.15) is 23.5 Å². The number of halogens is 1. The number of rotatable bonds is 11. The SMILES string of the molecule is Cc1ccc(CC2NC(=O)/C=C/CC(C(C)/C=C/c3ccc(OC(=O)C(C)(C)CNC(=O)OC(C)(C)C)cc3)OC(=O)C(CC(C)C)OC(=O)C(C)(C)CNC2=O)cc1Cl. The Labute approximate surface area is 359 Å². The first-order valence-electron chi connectivity index (χ1n) is 20.2. The summed E-state index contributed by atoms with van der Waals surface area (Å²) in [5.74, 6) is -3.11. The van der Waals surface area contributed by atoms with Crippen LogP contribution in [0.3, 0.4) is 0 Å². The number of benzene rings is 2. The molecule has 13 nitrogen and oxygen atoms in total. The normalized spacial score (nSPS) is 20.6. The van der Waals surface area contributed by atoms with E-state index >= 15 is 0 Å². The van der Waals surface area contributed by atoms with Gasteiger partial charge < -0.3 is 34.9 Å². The second kappa shape index (κ2) is 21.4. The van der Waals surface area contributed by atoms with Crippen molar-refractivity contribution in [3.63, 3.8) is 0 Å². The van der Waals surface area contributed by atoms with E-state index in [-0.39, 0.29) is 38.3 Å². The zero-order valence-electron chi connectivity index (χ0n) is 36.7. The molecule has 60 heavy (non-hydrogen) atoms. The number of esters is 3. The van der Waals surface area contributed by atoms with Crippen molar-refractivity contribution in [1.82, 2.24) is 16.0 Å². The third kappa shape index (κ3) is 16.1. The molecule has 0 fully saturated rings. The van der Waals surface area contributed by atoms with Crippen LogP contribution in [0, 0.1) is 29.6 Å². The maximum absolute atomic E-state index is 13.7. The monoisotopic (exact) mass is 851 g/mol. The van der Waals surface area contributed by atoms with Gasteiger partial charge in [0.05, 0.1) is 10.8 Å². The van der Waals surface area contributed by atoms with Crippen LogP contribution >= 0.6 is 11.6 Å². The van der Waals surface area contributed by atoms with E-state index in [1.165, 1.54) is 6.08 Å². The van der Waals surface area contributed by atoms with Crippen LogP contribution in [0.1, 0.15) is 98.8 Å². The first-order chi connectivity index (χ1) is 27.8. The lowest BCUT2D eigenvalue weighted by Gasteiger charge is -2.29. The van der Waals surface area contributed by atoms with E-state index in [9.17, 15) is 28.8 Å². The van der Waals surface area contributed by atoms with Gasteiger partial charge in [-0.25, -0.2) is 9.59 Å². The summed E-state index contributed by atoms with van der Waals surface area (Å²) in [6.45, 7) is 19.2. The zero-order valence-corrected chi connectivity index (χ0v) is 37.5. The smallest absolute Gasteiger partial charge is 0.407 e. The first-order valence-corrected chi connectivity index (χ1v) is 20.6. The molecule has 0 saturated carbocycles. The molecule has 328 valence electrons. The molecular weight excluding hydrogens is 790 g/mol. The largest absolute Gasteiger partial charge is 0.459 e. The molecular formula is C46H62ClN3O10. The van der Waals surface area contributed by atoms with Gasteiger partial charge in [-0.05, 0) is 109 Å². The Hall–Kier alpha value is -5.17. The number of hydrogen-bond acceptors (Lipinski definition) is 10. The summed E-state index contributed by atoms with van der Waals surface area (Å²) < 4.78 is 22.7. The lowest BCUT2D eigenvalue weighted by Crippen LogP contribution is -2.51. The Morgan fingerprint density at radius 2 is 1.67 bits per heavy atom. The molecule has 1 aliphatic rings. The van der Waals surface area contributed by atoms with E-state index in [4.69, 9.17) is 30.5 Å². The maximum Gasteiger partial charge on any atom is 0.407 e. The van der Waals surface area contributed by atoms with Crippen LogP contribution in [0.2, 0.25) is 5.02 Å². The number of hydrogen-bond donors (Lipinski definition) is 3. The van der Waals surface area contributed by atoms with Crippen LogP contribution in [-0.2, 0) is 44.6 Å². The predicted molar refractivity (Wildman–Crippen MR) is 230 cm³/mol. The van der Waals surface area contributed by atoms with Crippen LogP contribution in [0.25, 0.3) is 6.08 Å². The molecule has 0 bridgehead atoms. The Morgan fingerprint density at radius 3 is 2.28 bits per heavy atom. The van der Waals surface area contributed by atoms with Gasteiger partial charge >= 0.3 is 24.0 Å². The molecule has 4 unspecified atom stereocenters. The van der Waals surface area contributed by atoms with Crippen LogP contribution in [0.5, 0.6) is 5.75 Å². The topological polar surface area (TPSA) is 175 Å². The van der Waals surface area contributed by atoms with Crippen molar-refractivity contribution in [2.45, 2.75) is 119 Å². The fraction of sp³-hybridized carbons (Fsp3) is 0.522. The van der Waals surface area contributed by atoms with Crippen LogP contribution in [0.4, 0.5) is 4.79 Å². The lowest BCUT2D eigenvalue weighted by atomic mass is 9.93. The molecule has 0 aliphatic carbocycles. The minimum Gasteiger partial charge on any atom is -0.459 e. The first kappa shape index (κ1) is 49.2. The van der Waals surface area contributed by atoms with Gasteiger partial charge in [-0.2, -0.15) is 0 Å². The molecule has 2 aromatic carbocycles. The van der Waals surface area contributed by atoms with Crippen molar-refractivity contribution in [2.75, 3.05) is 13.1 Å². The fourth-order valence-corrected chi connectivity index (χ4v) is 5.91. The Bertz CT molecular complexity index is 1910. The number of ether oxygens (including phenoxy) is 4. The molecule has 0 radical (unpaired) electrons. The highest BCUT2D eigenvalue weighted by Gasteiger charge is 2.37. The second-order valence-corrected chi connectivity index (χ2v) is 18.4. The van der Waals surface area contributed by atoms with Gasteiger partial charge in [0.25, 0.3) is 0 Å². The average Bonchev–Trinajstić information content (AvgIpc) is 3.15. The summed E-state index contributed by atoms with van der Waals surface area (Å²) >= 11 is 6.35. The average molecular weight is 852 g/mol. The molecule has 0 spiro atoms. The molecule has 14 heteroatoms. The molecule has 3 amide bonds. The van der Waals surface area contributed by atoms with Crippen LogP contribution in [-0.4, -0.2) is 72.8 Å². The molecule has 2 aromatic rings. The van der Waals surface area contributed by atoms with Gasteiger partial charge in [-0.15, -0.1) is 0 Å². The van der Waals surface area contributed by atoms with E-state index in [2.05, 4.69) is 16.0 Å². The Balaban J connectivity index is 1.82. The summed E-state index contributed by atoms with van der Waals surface area (Å²) in [6, 6.07) is 11.2. The van der Waals surface area contributed by atoms with E-state index in [1.54, 1.807) is 84.9 Å². The lowest BCUT2D eigenvalue weighted by molar-refractivity contribution is -0.178. The predicted octanol–water partition coefficient (Wildman–Crippen LogP) is 7.45. The van der Waals surface area contributed by atoms with Gasteiger partial charge in [-0.3, -0.25) is 19.2 Å². The standard InChI is InChI=1S/C46H62ClN3O10/c1-28(2)23-37-40(53)58-36(30(4)16-17-31-19-21-33(22-20-31)57-41(54)46(10,11)27-49-43(56)60-44(5,6)7)13-12-14-38(51)50-35(25-32-18-15-29(3)34(47)24-32)39(52)48-26-45(8,9)42(55)59-37/h12,14-22,24,28,30,35-37H,13,23,25-27H2,1-11H3,(H,48,52)(H,49,56)(H,50,51)/b14-12+,17-16+. The minimum atomic E-state index is -1.23. The molecule has 0 saturated heterocycles. The van der Waals surface area contributed by atoms with E-state index in [0.29, 0.717) is 10.8 Å². The summed E-state index contributed by atoms with van der Waals surface area (Å²) in [5.41, 5.74) is -0.594. The van der Waals surface area contributed by atoms with Crippen LogP contribution < -0.4 is 20.7 Å². The van der Waals surface area contributed by atoms with E-state index in [0.717, 1.165) is 16.7 Å². The number of cyclic esters (lactones) is 2. The van der Waals surface area contributed by atoms with Crippen molar-refractivity contribution in [1.29, 1.82) is 0 Å². The summed E-state index contributed by atoms with van der Waals surface area (Å²) in [4.78, 5) is 79.1. The number of carbonyl (C=O) groups is 6. The summed E-state index contributed by atoms with van der Waals surface area (Å²) in [7, 11) is 0. The Kier molecular flexibility index (Phi) is 17.5. The van der Waals surface area contributed by atoms with Crippen molar-refractivity contribution >= 4 is 53.5 Å². The zero-order chi connectivity index (χ0) is 45.0. The summed E-state index contributed by atoms with van der Waals surface area (Å²) in [6.07, 6.45) is 4.38. The van der Waals surface area contributed by atoms with Gasteiger partial charge in [0.15, 0.2) is 6.10 Å². The number of carbonyl (C=O) groups excluding carboxylic acids is 6. The molecule has 4 atom stereocenters. The number of aryl methyl sites for hydroxylation is 1. The molecule has 3 rings (SSSR count). The molecule has 0 aromatic heterocycles. The molecule has 1 aliphatic heterocycles. The third-order valence-electron chi connectivity index (χ3n) is 9.56. The highest BCUT2D eigenvalue weighted by molar-refractivity contribution is 6.31. The van der Waals surface area contributed by atoms with E-state index < -0.39 is 76.4 Å². The van der Waals surface area contributed by atoms with Gasteiger partial charge in [0.2, 0.25) is 11.8 Å². The number of nitrogens with one attached hydrogen (secondary N) is 3. The molecule has 3 N–H and O–H groups in total. The van der Waals surface area contributed by atoms with E-state index in [1.807, 2.05) is 52.0 Å². The summed E-state index contributed by atoms with van der Waals surface area (Å²) in [5, 5.41) is 8.68. The van der Waals surface area contributed by atoms with Crippen molar-refractivity contribution < 1.29 is 47.7 Å². The number of alkyl carbamates (subject to hydrolysis) is 1. The quantitative estimate of drug-likeness (QED) is 0.117. The maximum atomic E-state index is 13.7. The molecule has 1 heterocycles. The van der Waals surface area contributed by atoms with Crippen molar-refractivity contribution in [3.05, 3.63) is 82.4 Å². The van der Waals surface area contributed by atoms with Crippen molar-refractivity contribution in [3.8, 4) is 5.75 Å². The van der Waals surface area contributed by atoms with Crippen LogP contribution in [0.15, 0.2) is 60.7 Å². The highest BCUT2D eigenvalue weighted by atomic mass is 35.5. The highest BCUT2D eigenvalue weighted by Crippen LogP contribution is 2.25. The fourth-order valence-electron chi connectivity index (χ4n) is 5.70. The third-order valence-corrected chi connectivity index (χ3v) is 9.97. The van der Waals surface area contributed by atoms with Gasteiger partial charge in [-0.1, -0.05) is 74.9 Å². The number of amides is 3. The minimum absolute atomic E-state index is 0.00506. The van der Waals surface area contributed by atoms with Gasteiger partial charge in [0, 0.05) is 36.9 Å².